The van der Waals surface area contributed by atoms with Gasteiger partial charge in [-0.25, -0.2) is 0 Å². The third-order valence-corrected chi connectivity index (χ3v) is 2.95. The first-order valence-electron chi connectivity index (χ1n) is 4.57. The fourth-order valence-corrected chi connectivity index (χ4v) is 1.19. The molecule has 82 valence electrons. The molecule has 0 radical (unpaired) electrons. The Morgan fingerprint density at radius 1 is 1.53 bits per heavy atom. The van der Waals surface area contributed by atoms with Crippen LogP contribution in [0.25, 0.3) is 0 Å². The van der Waals surface area contributed by atoms with Gasteiger partial charge < -0.3 is 4.74 Å². The summed E-state index contributed by atoms with van der Waals surface area (Å²) in [6, 6.07) is 6.40. The van der Waals surface area contributed by atoms with Gasteiger partial charge in [0.1, 0.15) is 0 Å². The van der Waals surface area contributed by atoms with Crippen molar-refractivity contribution in [3.05, 3.63) is 34.4 Å². The molecule has 5 heteroatoms. The van der Waals surface area contributed by atoms with E-state index in [1.807, 2.05) is 6.92 Å². The minimum absolute atomic E-state index is 0.0132. The van der Waals surface area contributed by atoms with Crippen molar-refractivity contribution in [3.63, 3.8) is 0 Å². The number of nitrogens with zero attached hydrogens (tertiary/aromatic N) is 1. The van der Waals surface area contributed by atoms with Crippen molar-refractivity contribution >= 4 is 21.6 Å². The molecule has 0 saturated carbocycles. The molecule has 0 aliphatic rings. The first-order chi connectivity index (χ1) is 7.15. The van der Waals surface area contributed by atoms with Crippen LogP contribution in [-0.2, 0) is 0 Å². The number of hydrogen-bond donors (Lipinski definition) is 0. The highest BCUT2D eigenvalue weighted by atomic mass is 79.9. The van der Waals surface area contributed by atoms with Crippen molar-refractivity contribution in [1.82, 2.24) is 0 Å². The first kappa shape index (κ1) is 12.0. The summed E-state index contributed by atoms with van der Waals surface area (Å²) in [6.07, 6.45) is 0. The van der Waals surface area contributed by atoms with E-state index in [4.69, 9.17) is 4.74 Å². The molecule has 1 aromatic carbocycles. The Morgan fingerprint density at radius 2 is 2.20 bits per heavy atom. The molecule has 0 N–H and O–H groups in total. The molecule has 0 aromatic heterocycles. The lowest BCUT2D eigenvalue weighted by Gasteiger charge is -2.09. The van der Waals surface area contributed by atoms with Crippen molar-refractivity contribution in [3.8, 4) is 5.75 Å². The van der Waals surface area contributed by atoms with Crippen LogP contribution in [0.1, 0.15) is 6.92 Å². The van der Waals surface area contributed by atoms with Crippen LogP contribution in [0.3, 0.4) is 0 Å². The van der Waals surface area contributed by atoms with Gasteiger partial charge in [-0.2, -0.15) is 0 Å². The zero-order valence-electron chi connectivity index (χ0n) is 8.35. The van der Waals surface area contributed by atoms with E-state index in [0.29, 0.717) is 18.3 Å². The van der Waals surface area contributed by atoms with Crippen LogP contribution in [0, 0.1) is 16.0 Å². The third kappa shape index (κ3) is 3.51. The van der Waals surface area contributed by atoms with Gasteiger partial charge in [-0.05, 0) is 12.0 Å². The summed E-state index contributed by atoms with van der Waals surface area (Å²) in [5.74, 6) is 0.653. The van der Waals surface area contributed by atoms with E-state index >= 15 is 0 Å². The zero-order chi connectivity index (χ0) is 11.3. The van der Waals surface area contributed by atoms with Gasteiger partial charge in [0.15, 0.2) is 5.75 Å². The average molecular weight is 274 g/mol. The van der Waals surface area contributed by atoms with Crippen LogP contribution in [0.15, 0.2) is 24.3 Å². The number of hydrogen-bond acceptors (Lipinski definition) is 3. The number of ether oxygens (including phenoxy) is 1. The van der Waals surface area contributed by atoms with Crippen LogP contribution < -0.4 is 4.74 Å². The van der Waals surface area contributed by atoms with Crippen molar-refractivity contribution in [2.45, 2.75) is 6.92 Å². The minimum atomic E-state index is -0.436. The molecule has 0 saturated heterocycles. The molecule has 0 aliphatic carbocycles. The summed E-state index contributed by atoms with van der Waals surface area (Å²) in [6.45, 7) is 2.47. The van der Waals surface area contributed by atoms with E-state index in [1.165, 1.54) is 6.07 Å². The van der Waals surface area contributed by atoms with Crippen LogP contribution in [0.2, 0.25) is 0 Å². The normalized spacial score (nSPS) is 12.1. The predicted molar refractivity (Wildman–Crippen MR) is 61.5 cm³/mol. The maximum Gasteiger partial charge on any atom is 0.310 e. The van der Waals surface area contributed by atoms with E-state index < -0.39 is 4.92 Å². The van der Waals surface area contributed by atoms with Gasteiger partial charge in [-0.1, -0.05) is 35.0 Å². The highest BCUT2D eigenvalue weighted by molar-refractivity contribution is 9.09. The summed E-state index contributed by atoms with van der Waals surface area (Å²) in [7, 11) is 0. The largest absolute Gasteiger partial charge is 0.486 e. The molecule has 0 spiro atoms. The molecule has 1 rings (SSSR count). The number of benzene rings is 1. The summed E-state index contributed by atoms with van der Waals surface area (Å²) in [4.78, 5) is 10.2. The minimum Gasteiger partial charge on any atom is -0.486 e. The molecule has 1 aromatic rings. The Balaban J connectivity index is 2.72. The molecule has 0 amide bonds. The Hall–Kier alpha value is -1.10. The molecule has 0 fully saturated rings. The number of rotatable bonds is 5. The third-order valence-electron chi connectivity index (χ3n) is 1.85. The van der Waals surface area contributed by atoms with Crippen LogP contribution in [0.4, 0.5) is 5.69 Å². The summed E-state index contributed by atoms with van der Waals surface area (Å²) in [5.41, 5.74) is 0.0132. The van der Waals surface area contributed by atoms with E-state index in [-0.39, 0.29) is 5.69 Å². The van der Waals surface area contributed by atoms with Gasteiger partial charge in [-0.15, -0.1) is 0 Å². The summed E-state index contributed by atoms with van der Waals surface area (Å²) in [5, 5.41) is 11.5. The fourth-order valence-electron chi connectivity index (χ4n) is 1.01. The predicted octanol–water partition coefficient (Wildman–Crippen LogP) is 3.00. The van der Waals surface area contributed by atoms with Crippen molar-refractivity contribution in [2.75, 3.05) is 11.9 Å². The lowest BCUT2D eigenvalue weighted by molar-refractivity contribution is -0.385. The summed E-state index contributed by atoms with van der Waals surface area (Å²) >= 11 is 3.32. The monoisotopic (exact) mass is 273 g/mol. The van der Waals surface area contributed by atoms with Crippen molar-refractivity contribution < 1.29 is 9.66 Å². The van der Waals surface area contributed by atoms with E-state index in [1.54, 1.807) is 18.2 Å². The maximum absolute atomic E-state index is 10.7. The number of nitro groups is 1. The zero-order valence-corrected chi connectivity index (χ0v) is 9.94. The number of alkyl halides is 1. The SMILES string of the molecule is CC(CBr)COc1ccccc1[N+](=O)[O-]. The second-order valence-electron chi connectivity index (χ2n) is 3.30. The second kappa shape index (κ2) is 5.70. The van der Waals surface area contributed by atoms with Crippen molar-refractivity contribution in [1.29, 1.82) is 0 Å². The molecule has 4 nitrogen and oxygen atoms in total. The average Bonchev–Trinajstić information content (AvgIpc) is 2.26. The van der Waals surface area contributed by atoms with Gasteiger partial charge in [0.2, 0.25) is 0 Å². The standard InChI is InChI=1S/C10H12BrNO3/c1-8(6-11)7-15-10-5-3-2-4-9(10)12(13)14/h2-5,8H,6-7H2,1H3. The molecular weight excluding hydrogens is 262 g/mol. The van der Waals surface area contributed by atoms with Gasteiger partial charge in [0, 0.05) is 11.4 Å². The molecule has 1 unspecified atom stereocenters. The molecule has 1 atom stereocenters. The Kier molecular flexibility index (Phi) is 4.55. The van der Waals surface area contributed by atoms with E-state index in [9.17, 15) is 10.1 Å². The lowest BCUT2D eigenvalue weighted by atomic mass is 10.2. The van der Waals surface area contributed by atoms with Gasteiger partial charge >= 0.3 is 5.69 Å². The number of para-hydroxylation sites is 2. The van der Waals surface area contributed by atoms with Crippen LogP contribution in [-0.4, -0.2) is 16.9 Å². The Morgan fingerprint density at radius 3 is 2.80 bits per heavy atom. The fraction of sp³-hybridized carbons (Fsp3) is 0.400. The Bertz CT molecular complexity index is 343. The van der Waals surface area contributed by atoms with E-state index in [0.717, 1.165) is 5.33 Å². The van der Waals surface area contributed by atoms with Crippen molar-refractivity contribution in [2.24, 2.45) is 5.92 Å². The molecule has 0 aliphatic heterocycles. The highest BCUT2D eigenvalue weighted by Gasteiger charge is 2.14. The smallest absolute Gasteiger partial charge is 0.310 e. The number of halogens is 1. The molecule has 0 heterocycles. The van der Waals surface area contributed by atoms with E-state index in [2.05, 4.69) is 15.9 Å². The van der Waals surface area contributed by atoms with Gasteiger partial charge in [0.05, 0.1) is 11.5 Å². The molecular formula is C10H12BrNO3. The molecule has 0 bridgehead atoms. The molecule has 15 heavy (non-hydrogen) atoms. The first-order valence-corrected chi connectivity index (χ1v) is 5.69. The van der Waals surface area contributed by atoms with Crippen LogP contribution >= 0.6 is 15.9 Å². The Labute approximate surface area is 96.5 Å². The second-order valence-corrected chi connectivity index (χ2v) is 3.94. The summed E-state index contributed by atoms with van der Waals surface area (Å²) < 4.78 is 5.38. The lowest BCUT2D eigenvalue weighted by Crippen LogP contribution is -2.10. The van der Waals surface area contributed by atoms with Crippen LogP contribution in [0.5, 0.6) is 5.75 Å². The maximum atomic E-state index is 10.7. The van der Waals surface area contributed by atoms with Gasteiger partial charge in [0.25, 0.3) is 0 Å². The quantitative estimate of drug-likeness (QED) is 0.471. The number of nitro benzene ring substituents is 1. The topological polar surface area (TPSA) is 52.4 Å². The highest BCUT2D eigenvalue weighted by Crippen LogP contribution is 2.26. The van der Waals surface area contributed by atoms with Gasteiger partial charge in [-0.3, -0.25) is 10.1 Å².